The minimum Gasteiger partial charge on any atom is -0.0622 e. The molecule has 0 aliphatic heterocycles. The topological polar surface area (TPSA) is 0 Å². The first-order valence-corrected chi connectivity index (χ1v) is 5.05. The van der Waals surface area contributed by atoms with E-state index in [1.54, 1.807) is 0 Å². The van der Waals surface area contributed by atoms with Gasteiger partial charge in [-0.15, -0.1) is 0 Å². The Kier molecular flexibility index (Phi) is 1.41. The van der Waals surface area contributed by atoms with Crippen molar-refractivity contribution in [3.05, 3.63) is 0 Å². The maximum Gasteiger partial charge on any atom is -0.0290 e. The summed E-state index contributed by atoms with van der Waals surface area (Å²) in [5.74, 6) is 4.09. The Bertz CT molecular complexity index is 165. The molecule has 2 bridgehead atoms. The summed E-state index contributed by atoms with van der Waals surface area (Å²) in [5.41, 5.74) is 0.678. The summed E-state index contributed by atoms with van der Waals surface area (Å²) < 4.78 is 0. The molecule has 0 amide bonds. The van der Waals surface area contributed by atoms with Crippen molar-refractivity contribution < 1.29 is 0 Å². The predicted octanol–water partition coefficient (Wildman–Crippen LogP) is 3.32. The van der Waals surface area contributed by atoms with Crippen LogP contribution in [0.15, 0.2) is 0 Å². The quantitative estimate of drug-likeness (QED) is 0.499. The fraction of sp³-hybridized carbons (Fsp3) is 1.00. The molecule has 0 radical (unpaired) electrons. The van der Waals surface area contributed by atoms with E-state index in [0.29, 0.717) is 5.41 Å². The summed E-state index contributed by atoms with van der Waals surface area (Å²) in [5, 5.41) is 0. The van der Waals surface area contributed by atoms with E-state index >= 15 is 0 Å². The highest BCUT2D eigenvalue weighted by Crippen LogP contribution is 2.64. The Labute approximate surface area is 70.4 Å². The first kappa shape index (κ1) is 7.64. The molecule has 3 aliphatic carbocycles. The van der Waals surface area contributed by atoms with Crippen LogP contribution in [0, 0.1) is 29.1 Å². The van der Waals surface area contributed by atoms with Crippen LogP contribution in [-0.2, 0) is 0 Å². The van der Waals surface area contributed by atoms with Gasteiger partial charge in [0.2, 0.25) is 0 Å². The second-order valence-electron chi connectivity index (χ2n) is 5.37. The van der Waals surface area contributed by atoms with Crippen LogP contribution in [0.25, 0.3) is 0 Å². The summed E-state index contributed by atoms with van der Waals surface area (Å²) in [6.45, 7) is 9.84. The lowest BCUT2D eigenvalue weighted by molar-refractivity contribution is -0.157. The highest BCUT2D eigenvalue weighted by molar-refractivity contribution is 5.06. The van der Waals surface area contributed by atoms with Gasteiger partial charge in [0.1, 0.15) is 0 Å². The zero-order chi connectivity index (χ0) is 8.22. The lowest BCUT2D eigenvalue weighted by Crippen LogP contribution is -2.58. The molecule has 0 heterocycles. The molecule has 0 N–H and O–H groups in total. The maximum absolute atomic E-state index is 2.47. The molecule has 0 aromatic carbocycles. The zero-order valence-electron chi connectivity index (χ0n) is 8.22. The molecule has 0 aromatic heterocycles. The summed E-state index contributed by atoms with van der Waals surface area (Å²) in [4.78, 5) is 0. The average Bonchev–Trinajstić information content (AvgIpc) is 1.85. The van der Waals surface area contributed by atoms with Gasteiger partial charge in [0.25, 0.3) is 0 Å². The van der Waals surface area contributed by atoms with E-state index in [0.717, 1.165) is 23.7 Å². The van der Waals surface area contributed by atoms with Gasteiger partial charge in [-0.2, -0.15) is 0 Å². The molecule has 3 saturated carbocycles. The number of fused-ring (bicyclic) bond motifs is 2. The SMILES string of the molecule is CC1CCC2C(C)C1C2(C)C. The van der Waals surface area contributed by atoms with Gasteiger partial charge in [0.05, 0.1) is 0 Å². The predicted molar refractivity (Wildman–Crippen MR) is 48.3 cm³/mol. The normalized spacial score (nSPS) is 53.5. The number of rotatable bonds is 0. The van der Waals surface area contributed by atoms with E-state index in [4.69, 9.17) is 0 Å². The Morgan fingerprint density at radius 2 is 1.73 bits per heavy atom. The molecule has 0 aromatic rings. The van der Waals surface area contributed by atoms with Crippen molar-refractivity contribution >= 4 is 0 Å². The van der Waals surface area contributed by atoms with E-state index < -0.39 is 0 Å². The monoisotopic (exact) mass is 152 g/mol. The van der Waals surface area contributed by atoms with Crippen LogP contribution < -0.4 is 0 Å². The molecule has 3 fully saturated rings. The van der Waals surface area contributed by atoms with Crippen molar-refractivity contribution in [2.24, 2.45) is 29.1 Å². The van der Waals surface area contributed by atoms with E-state index in [1.807, 2.05) is 0 Å². The molecule has 3 rings (SSSR count). The van der Waals surface area contributed by atoms with Crippen LogP contribution in [0.4, 0.5) is 0 Å². The Balaban J connectivity index is 2.21. The molecule has 11 heavy (non-hydrogen) atoms. The molecule has 0 heteroatoms. The van der Waals surface area contributed by atoms with E-state index in [-0.39, 0.29) is 0 Å². The Hall–Kier alpha value is 0. The largest absolute Gasteiger partial charge is 0.0622 e. The Morgan fingerprint density at radius 1 is 1.09 bits per heavy atom. The van der Waals surface area contributed by atoms with Crippen LogP contribution in [0.1, 0.15) is 40.5 Å². The average molecular weight is 152 g/mol. The standard InChI is InChI=1S/C11H20/c1-7-5-6-9-8(2)10(7)11(9,3)4/h7-10H,5-6H2,1-4H3. The molecule has 0 spiro atoms. The fourth-order valence-electron chi connectivity index (χ4n) is 4.24. The summed E-state index contributed by atoms with van der Waals surface area (Å²) in [6, 6.07) is 0. The van der Waals surface area contributed by atoms with Gasteiger partial charge in [-0.3, -0.25) is 0 Å². The summed E-state index contributed by atoms with van der Waals surface area (Å²) in [7, 11) is 0. The molecule has 0 saturated heterocycles. The third-order valence-corrected chi connectivity index (χ3v) is 4.56. The number of hydrogen-bond donors (Lipinski definition) is 0. The van der Waals surface area contributed by atoms with Gasteiger partial charge in [0.15, 0.2) is 0 Å². The minimum absolute atomic E-state index is 0.678. The van der Waals surface area contributed by atoms with Crippen molar-refractivity contribution in [1.29, 1.82) is 0 Å². The lowest BCUT2D eigenvalue weighted by atomic mass is 9.41. The molecule has 0 nitrogen and oxygen atoms in total. The maximum atomic E-state index is 2.47. The van der Waals surface area contributed by atoms with Gasteiger partial charge < -0.3 is 0 Å². The van der Waals surface area contributed by atoms with Crippen molar-refractivity contribution in [1.82, 2.24) is 0 Å². The van der Waals surface area contributed by atoms with Crippen molar-refractivity contribution in [3.8, 4) is 0 Å². The number of hydrogen-bond acceptors (Lipinski definition) is 0. The third-order valence-electron chi connectivity index (χ3n) is 4.56. The van der Waals surface area contributed by atoms with Gasteiger partial charge in [-0.25, -0.2) is 0 Å². The third kappa shape index (κ3) is 0.761. The van der Waals surface area contributed by atoms with Crippen LogP contribution in [0.3, 0.4) is 0 Å². The Morgan fingerprint density at radius 3 is 2.00 bits per heavy atom. The molecular weight excluding hydrogens is 132 g/mol. The van der Waals surface area contributed by atoms with Gasteiger partial charge >= 0.3 is 0 Å². The smallest absolute Gasteiger partial charge is 0.0290 e. The zero-order valence-corrected chi connectivity index (χ0v) is 8.22. The van der Waals surface area contributed by atoms with Crippen molar-refractivity contribution in [2.75, 3.05) is 0 Å². The summed E-state index contributed by atoms with van der Waals surface area (Å²) in [6.07, 6.45) is 2.98. The highest BCUT2D eigenvalue weighted by atomic mass is 14.6. The van der Waals surface area contributed by atoms with Crippen LogP contribution in [0.5, 0.6) is 0 Å². The molecule has 64 valence electrons. The first-order chi connectivity index (χ1) is 5.05. The van der Waals surface area contributed by atoms with Crippen molar-refractivity contribution in [2.45, 2.75) is 40.5 Å². The highest BCUT2D eigenvalue weighted by Gasteiger charge is 2.57. The first-order valence-electron chi connectivity index (χ1n) is 5.05. The lowest BCUT2D eigenvalue weighted by Gasteiger charge is -2.64. The van der Waals surface area contributed by atoms with Crippen molar-refractivity contribution in [3.63, 3.8) is 0 Å². The van der Waals surface area contributed by atoms with E-state index in [2.05, 4.69) is 27.7 Å². The molecule has 4 unspecified atom stereocenters. The van der Waals surface area contributed by atoms with Gasteiger partial charge in [-0.1, -0.05) is 34.1 Å². The van der Waals surface area contributed by atoms with Gasteiger partial charge in [-0.05, 0) is 35.5 Å². The summed E-state index contributed by atoms with van der Waals surface area (Å²) >= 11 is 0. The van der Waals surface area contributed by atoms with Crippen LogP contribution in [-0.4, -0.2) is 0 Å². The fourth-order valence-corrected chi connectivity index (χ4v) is 4.24. The minimum atomic E-state index is 0.678. The van der Waals surface area contributed by atoms with Gasteiger partial charge in [0, 0.05) is 0 Å². The molecule has 4 atom stereocenters. The van der Waals surface area contributed by atoms with Crippen LogP contribution in [0.2, 0.25) is 0 Å². The second-order valence-corrected chi connectivity index (χ2v) is 5.37. The van der Waals surface area contributed by atoms with Crippen LogP contribution >= 0.6 is 0 Å². The van der Waals surface area contributed by atoms with E-state index in [9.17, 15) is 0 Å². The second kappa shape index (κ2) is 2.02. The van der Waals surface area contributed by atoms with E-state index in [1.165, 1.54) is 12.8 Å². The molecular formula is C11H20. The molecule has 3 aliphatic rings.